The number of hydrogen-bond acceptors (Lipinski definition) is 4. The van der Waals surface area contributed by atoms with Crippen LogP contribution in [0.4, 0.5) is 5.69 Å². The maximum atomic E-state index is 9.01. The summed E-state index contributed by atoms with van der Waals surface area (Å²) in [7, 11) is 0. The van der Waals surface area contributed by atoms with E-state index in [0.717, 1.165) is 10.9 Å². The van der Waals surface area contributed by atoms with Crippen LogP contribution in [0, 0.1) is 11.3 Å². The van der Waals surface area contributed by atoms with Crippen molar-refractivity contribution in [1.82, 2.24) is 4.98 Å². The molecule has 1 aromatic heterocycles. The number of pyridine rings is 1. The van der Waals surface area contributed by atoms with E-state index in [1.807, 2.05) is 11.8 Å². The molecule has 1 saturated carbocycles. The van der Waals surface area contributed by atoms with Crippen LogP contribution in [0.15, 0.2) is 18.5 Å². The first-order valence-electron chi connectivity index (χ1n) is 5.97. The lowest BCUT2D eigenvalue weighted by molar-refractivity contribution is 0.473. The van der Waals surface area contributed by atoms with Gasteiger partial charge in [0.2, 0.25) is 0 Å². The lowest BCUT2D eigenvalue weighted by atomic mass is 9.94. The van der Waals surface area contributed by atoms with Crippen LogP contribution in [-0.4, -0.2) is 22.5 Å². The molecule has 3 nitrogen and oxygen atoms in total. The average molecular weight is 247 g/mol. The van der Waals surface area contributed by atoms with E-state index in [-0.39, 0.29) is 0 Å². The van der Waals surface area contributed by atoms with Gasteiger partial charge in [-0.3, -0.25) is 4.98 Å². The van der Waals surface area contributed by atoms with Gasteiger partial charge in [0, 0.05) is 17.5 Å². The molecule has 4 heteroatoms. The second-order valence-electron chi connectivity index (χ2n) is 4.39. The second-order valence-corrected chi connectivity index (χ2v) is 5.52. The van der Waals surface area contributed by atoms with Crippen LogP contribution in [0.1, 0.15) is 31.2 Å². The molecular weight excluding hydrogens is 230 g/mol. The van der Waals surface area contributed by atoms with Crippen molar-refractivity contribution in [2.45, 2.75) is 37.0 Å². The SMILES string of the molecule is CSC1CCC(Nc2cnccc2C#N)CC1. The van der Waals surface area contributed by atoms with Crippen molar-refractivity contribution in [3.8, 4) is 6.07 Å². The lowest BCUT2D eigenvalue weighted by Crippen LogP contribution is -2.27. The molecule has 0 unspecified atom stereocenters. The Bertz CT molecular complexity index is 405. The van der Waals surface area contributed by atoms with E-state index < -0.39 is 0 Å². The molecular formula is C13H17N3S. The van der Waals surface area contributed by atoms with E-state index in [1.54, 1.807) is 18.5 Å². The van der Waals surface area contributed by atoms with Gasteiger partial charge >= 0.3 is 0 Å². The zero-order chi connectivity index (χ0) is 12.1. The van der Waals surface area contributed by atoms with Gasteiger partial charge in [-0.1, -0.05) is 0 Å². The molecule has 2 rings (SSSR count). The standard InChI is InChI=1S/C13H17N3S/c1-17-12-4-2-11(3-5-12)16-13-9-15-7-6-10(13)8-14/h6-7,9,11-12,16H,2-5H2,1H3. The molecule has 0 bridgehead atoms. The number of nitrogens with one attached hydrogen (secondary N) is 1. The van der Waals surface area contributed by atoms with Crippen LogP contribution in [0.3, 0.4) is 0 Å². The zero-order valence-electron chi connectivity index (χ0n) is 10.0. The lowest BCUT2D eigenvalue weighted by Gasteiger charge is -2.28. The zero-order valence-corrected chi connectivity index (χ0v) is 10.8. The molecule has 1 aromatic rings. The van der Waals surface area contributed by atoms with Gasteiger partial charge in [0.1, 0.15) is 6.07 Å². The summed E-state index contributed by atoms with van der Waals surface area (Å²) in [5, 5.41) is 13.3. The number of hydrogen-bond donors (Lipinski definition) is 1. The molecule has 0 aliphatic heterocycles. The minimum absolute atomic E-state index is 0.495. The summed E-state index contributed by atoms with van der Waals surface area (Å²) < 4.78 is 0. The van der Waals surface area contributed by atoms with E-state index in [4.69, 9.17) is 5.26 Å². The van der Waals surface area contributed by atoms with Crippen LogP contribution in [-0.2, 0) is 0 Å². The van der Waals surface area contributed by atoms with Crippen molar-refractivity contribution in [3.63, 3.8) is 0 Å². The van der Waals surface area contributed by atoms with Gasteiger partial charge < -0.3 is 5.32 Å². The van der Waals surface area contributed by atoms with Crippen molar-refractivity contribution in [2.75, 3.05) is 11.6 Å². The minimum Gasteiger partial charge on any atom is -0.380 e. The van der Waals surface area contributed by atoms with Crippen LogP contribution in [0.5, 0.6) is 0 Å². The Morgan fingerprint density at radius 1 is 1.41 bits per heavy atom. The van der Waals surface area contributed by atoms with E-state index in [1.165, 1.54) is 25.7 Å². The van der Waals surface area contributed by atoms with Crippen molar-refractivity contribution < 1.29 is 0 Å². The number of rotatable bonds is 3. The first kappa shape index (κ1) is 12.3. The van der Waals surface area contributed by atoms with Gasteiger partial charge in [-0.2, -0.15) is 17.0 Å². The Morgan fingerprint density at radius 3 is 2.82 bits per heavy atom. The number of nitriles is 1. The Morgan fingerprint density at radius 2 is 2.18 bits per heavy atom. The van der Waals surface area contributed by atoms with Gasteiger partial charge in [-0.05, 0) is 38.0 Å². The van der Waals surface area contributed by atoms with Crippen molar-refractivity contribution in [2.24, 2.45) is 0 Å². The smallest absolute Gasteiger partial charge is 0.101 e. The van der Waals surface area contributed by atoms with E-state index in [9.17, 15) is 0 Å². The summed E-state index contributed by atoms with van der Waals surface area (Å²) in [4.78, 5) is 4.07. The fourth-order valence-corrected chi connectivity index (χ4v) is 3.01. The maximum Gasteiger partial charge on any atom is 0.101 e. The number of aromatic nitrogens is 1. The second kappa shape index (κ2) is 5.92. The minimum atomic E-state index is 0.495. The molecule has 0 atom stereocenters. The van der Waals surface area contributed by atoms with Crippen molar-refractivity contribution in [3.05, 3.63) is 24.0 Å². The predicted molar refractivity (Wildman–Crippen MR) is 72.1 cm³/mol. The normalized spacial score (nSPS) is 24.0. The highest BCUT2D eigenvalue weighted by Gasteiger charge is 2.20. The van der Waals surface area contributed by atoms with Crippen LogP contribution >= 0.6 is 11.8 Å². The third-order valence-electron chi connectivity index (χ3n) is 3.31. The monoisotopic (exact) mass is 247 g/mol. The molecule has 0 amide bonds. The van der Waals surface area contributed by atoms with Crippen LogP contribution < -0.4 is 5.32 Å². The predicted octanol–water partition coefficient (Wildman–Crippen LogP) is 3.04. The third kappa shape index (κ3) is 3.13. The Hall–Kier alpha value is -1.21. The summed E-state index contributed by atoms with van der Waals surface area (Å²) in [6.45, 7) is 0. The summed E-state index contributed by atoms with van der Waals surface area (Å²) in [5.74, 6) is 0. The highest BCUT2D eigenvalue weighted by molar-refractivity contribution is 7.99. The molecule has 1 heterocycles. The topological polar surface area (TPSA) is 48.7 Å². The van der Waals surface area contributed by atoms with Gasteiger partial charge in [0.15, 0.2) is 0 Å². The van der Waals surface area contributed by atoms with Crippen molar-refractivity contribution in [1.29, 1.82) is 5.26 Å². The Balaban J connectivity index is 1.96. The van der Waals surface area contributed by atoms with E-state index in [2.05, 4.69) is 22.6 Å². The molecule has 0 radical (unpaired) electrons. The van der Waals surface area contributed by atoms with E-state index >= 15 is 0 Å². The van der Waals surface area contributed by atoms with Gasteiger partial charge in [0.25, 0.3) is 0 Å². The molecule has 0 spiro atoms. The molecule has 1 N–H and O–H groups in total. The highest BCUT2D eigenvalue weighted by Crippen LogP contribution is 2.29. The fourth-order valence-electron chi connectivity index (χ4n) is 2.27. The first-order chi connectivity index (χ1) is 8.33. The quantitative estimate of drug-likeness (QED) is 0.892. The average Bonchev–Trinajstić information content (AvgIpc) is 2.40. The van der Waals surface area contributed by atoms with Gasteiger partial charge in [-0.25, -0.2) is 0 Å². The van der Waals surface area contributed by atoms with Crippen molar-refractivity contribution >= 4 is 17.4 Å². The molecule has 0 saturated heterocycles. The molecule has 1 aliphatic carbocycles. The summed E-state index contributed by atoms with van der Waals surface area (Å²) in [6, 6.07) is 4.45. The molecule has 1 aliphatic rings. The number of nitrogens with zero attached hydrogens (tertiary/aromatic N) is 2. The molecule has 1 fully saturated rings. The molecule has 90 valence electrons. The van der Waals surface area contributed by atoms with Crippen LogP contribution in [0.2, 0.25) is 0 Å². The summed E-state index contributed by atoms with van der Waals surface area (Å²) in [5.41, 5.74) is 1.56. The largest absolute Gasteiger partial charge is 0.380 e. The summed E-state index contributed by atoms with van der Waals surface area (Å²) >= 11 is 1.97. The third-order valence-corrected chi connectivity index (χ3v) is 4.45. The van der Waals surface area contributed by atoms with Crippen LogP contribution in [0.25, 0.3) is 0 Å². The number of thioether (sulfide) groups is 1. The highest BCUT2D eigenvalue weighted by atomic mass is 32.2. The maximum absolute atomic E-state index is 9.01. The van der Waals surface area contributed by atoms with Gasteiger partial charge in [-0.15, -0.1) is 0 Å². The molecule has 0 aromatic carbocycles. The molecule has 17 heavy (non-hydrogen) atoms. The fraction of sp³-hybridized carbons (Fsp3) is 0.538. The Kier molecular flexibility index (Phi) is 4.27. The first-order valence-corrected chi connectivity index (χ1v) is 7.25. The Labute approximate surface area is 107 Å². The summed E-state index contributed by atoms with van der Waals surface area (Å²) in [6.07, 6.45) is 10.5. The van der Waals surface area contributed by atoms with E-state index in [0.29, 0.717) is 11.6 Å². The number of anilines is 1. The van der Waals surface area contributed by atoms with Gasteiger partial charge in [0.05, 0.1) is 17.4 Å².